The molecule has 4 rings (SSSR count). The fourth-order valence-electron chi connectivity index (χ4n) is 3.76. The number of carbonyl (C=O) groups excluding carboxylic acids is 1. The standard InChI is InChI=1S/C18H22ClN3O4S/c19-13-3-6-16-15(11-13)21-17(26-16)12-1-4-14(5-2-12)20-18(23)22-7-9-27(24,25)10-8-22/h3,6,11-12,14H,1-2,4-5,7-10H2,(H,20,23). The van der Waals surface area contributed by atoms with Gasteiger partial charge >= 0.3 is 6.03 Å². The first kappa shape index (κ1) is 18.6. The molecule has 2 heterocycles. The number of amides is 2. The quantitative estimate of drug-likeness (QED) is 0.820. The molecular formula is C18H22ClN3O4S. The van der Waals surface area contributed by atoms with Crippen LogP contribution in [0, 0.1) is 0 Å². The fraction of sp³-hybridized carbons (Fsp3) is 0.556. The number of halogens is 1. The predicted molar refractivity (Wildman–Crippen MR) is 103 cm³/mol. The van der Waals surface area contributed by atoms with Gasteiger partial charge in [-0.3, -0.25) is 0 Å². The molecule has 1 saturated carbocycles. The van der Waals surface area contributed by atoms with Crippen molar-refractivity contribution >= 4 is 38.6 Å². The van der Waals surface area contributed by atoms with Crippen molar-refractivity contribution in [1.29, 1.82) is 0 Å². The van der Waals surface area contributed by atoms with Gasteiger partial charge in [-0.2, -0.15) is 0 Å². The van der Waals surface area contributed by atoms with E-state index in [1.165, 1.54) is 0 Å². The number of oxazole rings is 1. The van der Waals surface area contributed by atoms with E-state index < -0.39 is 9.84 Å². The van der Waals surface area contributed by atoms with E-state index in [1.54, 1.807) is 17.0 Å². The first-order chi connectivity index (χ1) is 12.9. The number of hydrogen-bond donors (Lipinski definition) is 1. The van der Waals surface area contributed by atoms with Crippen molar-refractivity contribution in [3.63, 3.8) is 0 Å². The minimum Gasteiger partial charge on any atom is -0.440 e. The van der Waals surface area contributed by atoms with Gasteiger partial charge in [0.15, 0.2) is 21.3 Å². The molecule has 0 bridgehead atoms. The highest BCUT2D eigenvalue weighted by atomic mass is 35.5. The van der Waals surface area contributed by atoms with E-state index >= 15 is 0 Å². The van der Waals surface area contributed by atoms with Gasteiger partial charge in [0, 0.05) is 30.1 Å². The van der Waals surface area contributed by atoms with E-state index in [-0.39, 0.29) is 42.6 Å². The number of nitrogens with zero attached hydrogens (tertiary/aromatic N) is 2. The number of fused-ring (bicyclic) bond motifs is 1. The Morgan fingerprint density at radius 2 is 1.89 bits per heavy atom. The molecule has 1 saturated heterocycles. The minimum atomic E-state index is -2.98. The zero-order valence-electron chi connectivity index (χ0n) is 14.9. The molecule has 1 aromatic carbocycles. The summed E-state index contributed by atoms with van der Waals surface area (Å²) in [5.74, 6) is 1.08. The van der Waals surface area contributed by atoms with E-state index in [1.807, 2.05) is 6.07 Å². The number of rotatable bonds is 2. The lowest BCUT2D eigenvalue weighted by atomic mass is 9.86. The van der Waals surface area contributed by atoms with Crippen LogP contribution in [0.3, 0.4) is 0 Å². The van der Waals surface area contributed by atoms with E-state index in [9.17, 15) is 13.2 Å². The van der Waals surface area contributed by atoms with Crippen LogP contribution in [-0.4, -0.2) is 55.0 Å². The van der Waals surface area contributed by atoms with Gasteiger partial charge in [0.1, 0.15) is 5.52 Å². The first-order valence-electron chi connectivity index (χ1n) is 9.21. The van der Waals surface area contributed by atoms with Crippen LogP contribution in [0.5, 0.6) is 0 Å². The maximum Gasteiger partial charge on any atom is 0.317 e. The summed E-state index contributed by atoms with van der Waals surface area (Å²) in [5.41, 5.74) is 1.51. The van der Waals surface area contributed by atoms with E-state index in [0.717, 1.165) is 42.7 Å². The van der Waals surface area contributed by atoms with Crippen LogP contribution in [0.4, 0.5) is 4.79 Å². The van der Waals surface area contributed by atoms with Crippen molar-refractivity contribution in [2.24, 2.45) is 0 Å². The highest BCUT2D eigenvalue weighted by Crippen LogP contribution is 2.34. The van der Waals surface area contributed by atoms with Gasteiger partial charge in [-0.05, 0) is 43.9 Å². The van der Waals surface area contributed by atoms with Crippen molar-refractivity contribution in [3.8, 4) is 0 Å². The van der Waals surface area contributed by atoms with E-state index in [4.69, 9.17) is 16.0 Å². The Kier molecular flexibility index (Phi) is 5.03. The van der Waals surface area contributed by atoms with Gasteiger partial charge in [-0.1, -0.05) is 11.6 Å². The third-order valence-corrected chi connectivity index (χ3v) is 7.25. The Morgan fingerprint density at radius 1 is 1.19 bits per heavy atom. The Labute approximate surface area is 163 Å². The number of urea groups is 1. The van der Waals surface area contributed by atoms with Gasteiger partial charge in [-0.15, -0.1) is 0 Å². The summed E-state index contributed by atoms with van der Waals surface area (Å²) in [5, 5.41) is 3.68. The summed E-state index contributed by atoms with van der Waals surface area (Å²) in [4.78, 5) is 18.5. The van der Waals surface area contributed by atoms with Crippen LogP contribution in [0.25, 0.3) is 11.1 Å². The van der Waals surface area contributed by atoms with Crippen LogP contribution in [0.1, 0.15) is 37.5 Å². The average molecular weight is 412 g/mol. The fourth-order valence-corrected chi connectivity index (χ4v) is 5.13. The van der Waals surface area contributed by atoms with Crippen LogP contribution in [-0.2, 0) is 9.84 Å². The molecule has 0 unspecified atom stereocenters. The summed E-state index contributed by atoms with van der Waals surface area (Å²) in [6.45, 7) is 0.546. The van der Waals surface area contributed by atoms with Gasteiger partial charge in [0.05, 0.1) is 11.5 Å². The van der Waals surface area contributed by atoms with Crippen molar-refractivity contribution in [2.45, 2.75) is 37.6 Å². The smallest absolute Gasteiger partial charge is 0.317 e. The molecule has 2 aromatic rings. The summed E-state index contributed by atoms with van der Waals surface area (Å²) in [6.07, 6.45) is 3.48. The van der Waals surface area contributed by atoms with E-state index in [2.05, 4.69) is 10.3 Å². The lowest BCUT2D eigenvalue weighted by Gasteiger charge is -2.32. The molecule has 0 atom stereocenters. The molecule has 146 valence electrons. The molecule has 1 N–H and O–H groups in total. The van der Waals surface area contributed by atoms with Crippen molar-refractivity contribution in [3.05, 3.63) is 29.1 Å². The monoisotopic (exact) mass is 411 g/mol. The molecule has 2 amide bonds. The lowest BCUT2D eigenvalue weighted by Crippen LogP contribution is -2.51. The second-order valence-electron chi connectivity index (χ2n) is 7.30. The highest BCUT2D eigenvalue weighted by molar-refractivity contribution is 7.91. The number of carbonyl (C=O) groups is 1. The Balaban J connectivity index is 1.31. The maximum absolute atomic E-state index is 12.4. The molecule has 2 fully saturated rings. The first-order valence-corrected chi connectivity index (χ1v) is 11.4. The maximum atomic E-state index is 12.4. The van der Waals surface area contributed by atoms with Crippen LogP contribution < -0.4 is 5.32 Å². The second-order valence-corrected chi connectivity index (χ2v) is 10.0. The number of sulfone groups is 1. The zero-order valence-corrected chi connectivity index (χ0v) is 16.4. The minimum absolute atomic E-state index is 0.0505. The summed E-state index contributed by atoms with van der Waals surface area (Å²) < 4.78 is 28.8. The van der Waals surface area contributed by atoms with Crippen molar-refractivity contribution < 1.29 is 17.6 Å². The Morgan fingerprint density at radius 3 is 2.59 bits per heavy atom. The lowest BCUT2D eigenvalue weighted by molar-refractivity contribution is 0.192. The normalized spacial score (nSPS) is 25.4. The number of aromatic nitrogens is 1. The molecule has 9 heteroatoms. The SMILES string of the molecule is O=C(NC1CCC(c2nc3cc(Cl)ccc3o2)CC1)N1CCS(=O)(=O)CC1. The zero-order chi connectivity index (χ0) is 19.0. The molecule has 0 radical (unpaired) electrons. The molecule has 7 nitrogen and oxygen atoms in total. The highest BCUT2D eigenvalue weighted by Gasteiger charge is 2.30. The molecular weight excluding hydrogens is 390 g/mol. The van der Waals surface area contributed by atoms with E-state index in [0.29, 0.717) is 5.02 Å². The summed E-state index contributed by atoms with van der Waals surface area (Å²) in [6, 6.07) is 5.36. The number of benzene rings is 1. The second kappa shape index (κ2) is 7.31. The Hall–Kier alpha value is -1.80. The molecule has 2 aliphatic rings. The van der Waals surface area contributed by atoms with Gasteiger partial charge < -0.3 is 14.6 Å². The van der Waals surface area contributed by atoms with Gasteiger partial charge in [0.25, 0.3) is 0 Å². The summed E-state index contributed by atoms with van der Waals surface area (Å²) >= 11 is 6.00. The van der Waals surface area contributed by atoms with Gasteiger partial charge in [-0.25, -0.2) is 18.2 Å². The third-order valence-electron chi connectivity index (χ3n) is 5.40. The van der Waals surface area contributed by atoms with Crippen LogP contribution >= 0.6 is 11.6 Å². The predicted octanol–water partition coefficient (Wildman–Crippen LogP) is 2.95. The number of hydrogen-bond acceptors (Lipinski definition) is 5. The topological polar surface area (TPSA) is 92.5 Å². The van der Waals surface area contributed by atoms with Gasteiger partial charge in [0.2, 0.25) is 0 Å². The largest absolute Gasteiger partial charge is 0.440 e. The van der Waals surface area contributed by atoms with Crippen LogP contribution in [0.2, 0.25) is 5.02 Å². The number of nitrogens with one attached hydrogen (secondary N) is 1. The summed E-state index contributed by atoms with van der Waals surface area (Å²) in [7, 11) is -2.98. The van der Waals surface area contributed by atoms with Crippen molar-refractivity contribution in [1.82, 2.24) is 15.2 Å². The Bertz CT molecular complexity index is 937. The van der Waals surface area contributed by atoms with Crippen molar-refractivity contribution in [2.75, 3.05) is 24.6 Å². The average Bonchev–Trinajstić information content (AvgIpc) is 3.05. The molecule has 1 aliphatic carbocycles. The molecule has 1 aliphatic heterocycles. The third kappa shape index (κ3) is 4.21. The molecule has 1 aromatic heterocycles. The molecule has 27 heavy (non-hydrogen) atoms. The van der Waals surface area contributed by atoms with Crippen LogP contribution in [0.15, 0.2) is 22.6 Å². The molecule has 0 spiro atoms.